The summed E-state index contributed by atoms with van der Waals surface area (Å²) in [5.41, 5.74) is 2.83. The molecule has 2 N–H and O–H groups in total. The van der Waals surface area contributed by atoms with Gasteiger partial charge in [-0.05, 0) is 60.4 Å². The van der Waals surface area contributed by atoms with Crippen LogP contribution < -0.4 is 10.6 Å². The van der Waals surface area contributed by atoms with Gasteiger partial charge in [0.1, 0.15) is 18.0 Å². The van der Waals surface area contributed by atoms with Gasteiger partial charge >= 0.3 is 6.09 Å². The number of ether oxygens (including phenoxy) is 1. The minimum Gasteiger partial charge on any atom is -0.444 e. The van der Waals surface area contributed by atoms with Crippen molar-refractivity contribution in [1.29, 1.82) is 0 Å². The lowest BCUT2D eigenvalue weighted by Crippen LogP contribution is -2.45. The zero-order chi connectivity index (χ0) is 24.9. The highest BCUT2D eigenvalue weighted by molar-refractivity contribution is 7.99. The van der Waals surface area contributed by atoms with Crippen LogP contribution in [-0.4, -0.2) is 45.6 Å². The van der Waals surface area contributed by atoms with Crippen molar-refractivity contribution in [3.63, 3.8) is 0 Å². The van der Waals surface area contributed by atoms with Crippen LogP contribution in [0.15, 0.2) is 79.1 Å². The Bertz CT molecular complexity index is 1220. The molecule has 1 unspecified atom stereocenters. The number of thioether (sulfide) groups is 1. The fourth-order valence-electron chi connectivity index (χ4n) is 3.94. The van der Waals surface area contributed by atoms with Crippen molar-refractivity contribution >= 4 is 35.4 Å². The molecule has 184 valence electrons. The zero-order valence-corrected chi connectivity index (χ0v) is 20.3. The van der Waals surface area contributed by atoms with Crippen LogP contribution in [0.2, 0.25) is 0 Å². The number of pyridine rings is 1. The first-order chi connectivity index (χ1) is 17.6. The van der Waals surface area contributed by atoms with Crippen LogP contribution in [0, 0.1) is 0 Å². The SMILES string of the molecule is O=C(NC1CC1)c1ccc(NC(=O)[C@@H]2CSC(c3ccncc3)N2C(=O)OCc2ccccc2)cc1. The van der Waals surface area contributed by atoms with E-state index in [-0.39, 0.29) is 29.8 Å². The number of amides is 3. The van der Waals surface area contributed by atoms with E-state index in [1.165, 1.54) is 16.7 Å². The molecule has 1 aromatic heterocycles. The quantitative estimate of drug-likeness (QED) is 0.498. The van der Waals surface area contributed by atoms with E-state index in [1.54, 1.807) is 36.7 Å². The number of nitrogens with one attached hydrogen (secondary N) is 2. The summed E-state index contributed by atoms with van der Waals surface area (Å²) in [6.45, 7) is 0.114. The number of carbonyl (C=O) groups is 3. The largest absolute Gasteiger partial charge is 0.444 e. The number of hydrogen-bond acceptors (Lipinski definition) is 6. The van der Waals surface area contributed by atoms with Gasteiger partial charge in [0, 0.05) is 35.4 Å². The van der Waals surface area contributed by atoms with Gasteiger partial charge in [0.05, 0.1) is 0 Å². The van der Waals surface area contributed by atoms with Crippen LogP contribution in [0.3, 0.4) is 0 Å². The summed E-state index contributed by atoms with van der Waals surface area (Å²) in [6.07, 6.45) is 4.81. The average molecular weight is 503 g/mol. The summed E-state index contributed by atoms with van der Waals surface area (Å²) < 4.78 is 5.61. The third kappa shape index (κ3) is 5.68. The first kappa shape index (κ1) is 23.9. The van der Waals surface area contributed by atoms with E-state index in [4.69, 9.17) is 4.74 Å². The van der Waals surface area contributed by atoms with E-state index in [2.05, 4.69) is 15.6 Å². The third-order valence-electron chi connectivity index (χ3n) is 6.04. The standard InChI is InChI=1S/C27H26N4O4S/c32-24(29-22-10-11-22)19-6-8-21(9-7-19)30-25(33)23-17-36-26(20-12-14-28-15-13-20)31(23)27(34)35-16-18-4-2-1-3-5-18/h1-9,12-15,22-23,26H,10-11,16-17H2,(H,29,32)(H,30,33)/t23-,26?/m0/s1. The first-order valence-electron chi connectivity index (χ1n) is 11.8. The molecule has 2 aromatic carbocycles. The van der Waals surface area contributed by atoms with Gasteiger partial charge in [0.25, 0.3) is 5.91 Å². The molecule has 2 atom stereocenters. The van der Waals surface area contributed by atoms with E-state index in [0.717, 1.165) is 24.0 Å². The summed E-state index contributed by atoms with van der Waals surface area (Å²) in [5.74, 6) is -0.0118. The highest BCUT2D eigenvalue weighted by Crippen LogP contribution is 2.42. The topological polar surface area (TPSA) is 101 Å². The summed E-state index contributed by atoms with van der Waals surface area (Å²) in [7, 11) is 0. The second-order valence-corrected chi connectivity index (χ2v) is 9.86. The van der Waals surface area contributed by atoms with Crippen molar-refractivity contribution in [2.45, 2.75) is 36.9 Å². The van der Waals surface area contributed by atoms with Crippen LogP contribution in [0.5, 0.6) is 0 Å². The van der Waals surface area contributed by atoms with E-state index < -0.39 is 12.1 Å². The molecule has 0 bridgehead atoms. The average Bonchev–Trinajstić information content (AvgIpc) is 3.62. The van der Waals surface area contributed by atoms with Gasteiger partial charge in [-0.1, -0.05) is 30.3 Å². The second-order valence-electron chi connectivity index (χ2n) is 8.74. The molecule has 9 heteroatoms. The highest BCUT2D eigenvalue weighted by Gasteiger charge is 2.43. The second kappa shape index (κ2) is 10.8. The van der Waals surface area contributed by atoms with Crippen molar-refractivity contribution in [3.8, 4) is 0 Å². The Labute approximate surface area is 213 Å². The fraction of sp³-hybridized carbons (Fsp3) is 0.259. The number of hydrogen-bond donors (Lipinski definition) is 2. The molecule has 3 aromatic rings. The van der Waals surface area contributed by atoms with Crippen molar-refractivity contribution in [2.75, 3.05) is 11.1 Å². The Hall–Kier alpha value is -3.85. The predicted octanol–water partition coefficient (Wildman–Crippen LogP) is 4.37. The van der Waals surface area contributed by atoms with Crippen molar-refractivity contribution in [3.05, 3.63) is 95.8 Å². The fourth-order valence-corrected chi connectivity index (χ4v) is 5.36. The van der Waals surface area contributed by atoms with Crippen molar-refractivity contribution in [1.82, 2.24) is 15.2 Å². The van der Waals surface area contributed by atoms with Gasteiger partial charge in [0.2, 0.25) is 5.91 Å². The molecular weight excluding hydrogens is 476 g/mol. The zero-order valence-electron chi connectivity index (χ0n) is 19.5. The molecule has 5 rings (SSSR count). The lowest BCUT2D eigenvalue weighted by atomic mass is 10.1. The third-order valence-corrected chi connectivity index (χ3v) is 7.36. The number of aromatic nitrogens is 1. The van der Waals surface area contributed by atoms with Crippen molar-refractivity contribution < 1.29 is 19.1 Å². The molecule has 2 fully saturated rings. The van der Waals surface area contributed by atoms with Gasteiger partial charge in [-0.25, -0.2) is 4.79 Å². The normalized spacial score (nSPS) is 18.9. The van der Waals surface area contributed by atoms with Gasteiger partial charge < -0.3 is 15.4 Å². The first-order valence-corrected chi connectivity index (χ1v) is 12.9. The highest BCUT2D eigenvalue weighted by atomic mass is 32.2. The Balaban J connectivity index is 1.29. The molecule has 8 nitrogen and oxygen atoms in total. The van der Waals surface area contributed by atoms with Crippen LogP contribution in [0.1, 0.15) is 39.7 Å². The van der Waals surface area contributed by atoms with Crippen LogP contribution in [0.4, 0.5) is 10.5 Å². The summed E-state index contributed by atoms with van der Waals surface area (Å²) in [4.78, 5) is 44.3. The van der Waals surface area contributed by atoms with Crippen molar-refractivity contribution in [2.24, 2.45) is 0 Å². The minimum absolute atomic E-state index is 0.114. The monoisotopic (exact) mass is 502 g/mol. The molecular formula is C27H26N4O4S. The molecule has 3 amide bonds. The van der Waals surface area contributed by atoms with E-state index in [9.17, 15) is 14.4 Å². The minimum atomic E-state index is -0.728. The molecule has 1 aliphatic carbocycles. The Morgan fingerprint density at radius 1 is 0.972 bits per heavy atom. The smallest absolute Gasteiger partial charge is 0.412 e. The van der Waals surface area contributed by atoms with E-state index in [0.29, 0.717) is 17.0 Å². The summed E-state index contributed by atoms with van der Waals surface area (Å²) in [5, 5.41) is 5.46. The Morgan fingerprint density at radius 3 is 2.39 bits per heavy atom. The molecule has 2 aliphatic rings. The summed E-state index contributed by atoms with van der Waals surface area (Å²) in [6, 6.07) is 19.4. The molecule has 0 spiro atoms. The van der Waals surface area contributed by atoms with E-state index >= 15 is 0 Å². The van der Waals surface area contributed by atoms with Gasteiger partial charge in [-0.3, -0.25) is 19.5 Å². The van der Waals surface area contributed by atoms with Gasteiger partial charge in [-0.15, -0.1) is 11.8 Å². The number of anilines is 1. The van der Waals surface area contributed by atoms with E-state index in [1.807, 2.05) is 42.5 Å². The molecule has 0 radical (unpaired) electrons. The Kier molecular flexibility index (Phi) is 7.18. The van der Waals surface area contributed by atoms with Gasteiger partial charge in [-0.2, -0.15) is 0 Å². The maximum atomic E-state index is 13.3. The maximum Gasteiger partial charge on any atom is 0.412 e. The lowest BCUT2D eigenvalue weighted by molar-refractivity contribution is -0.120. The molecule has 1 aliphatic heterocycles. The summed E-state index contributed by atoms with van der Waals surface area (Å²) >= 11 is 1.50. The number of carbonyl (C=O) groups excluding carboxylic acids is 3. The number of nitrogens with zero attached hydrogens (tertiary/aromatic N) is 2. The number of rotatable bonds is 7. The molecule has 1 saturated heterocycles. The van der Waals surface area contributed by atoms with Crippen LogP contribution in [-0.2, 0) is 16.1 Å². The number of benzene rings is 2. The molecule has 36 heavy (non-hydrogen) atoms. The van der Waals surface area contributed by atoms with Crippen LogP contribution in [0.25, 0.3) is 0 Å². The maximum absolute atomic E-state index is 13.3. The Morgan fingerprint density at radius 2 is 1.69 bits per heavy atom. The van der Waals surface area contributed by atoms with Gasteiger partial charge in [0.15, 0.2) is 0 Å². The lowest BCUT2D eigenvalue weighted by Gasteiger charge is -2.28. The predicted molar refractivity (Wildman–Crippen MR) is 137 cm³/mol. The molecule has 2 heterocycles. The molecule has 1 saturated carbocycles. The van der Waals surface area contributed by atoms with Crippen LogP contribution >= 0.6 is 11.8 Å².